The number of amidine groups is 1. The lowest BCUT2D eigenvalue weighted by molar-refractivity contribution is 1.01. The molecule has 0 radical (unpaired) electrons. The maximum Gasteiger partial charge on any atom is 0.151 e. The number of pyridine rings is 1. The summed E-state index contributed by atoms with van der Waals surface area (Å²) in [6.45, 7) is 2.24. The number of rotatable bonds is 3. The first-order valence-electron chi connectivity index (χ1n) is 4.46. The molecule has 0 aromatic carbocycles. The molecule has 0 saturated heterocycles. The maximum atomic E-state index is 7.15. The number of nitrogens with one attached hydrogen (secondary N) is 1. The minimum absolute atomic E-state index is 0.0758. The van der Waals surface area contributed by atoms with Crippen molar-refractivity contribution >= 4 is 22.6 Å². The Labute approximate surface area is 92.9 Å². The molecule has 0 aliphatic carbocycles. The van der Waals surface area contributed by atoms with Crippen molar-refractivity contribution in [2.24, 2.45) is 11.5 Å². The zero-order valence-corrected chi connectivity index (χ0v) is 9.40. The second-order valence-corrected chi connectivity index (χ2v) is 4.14. The van der Waals surface area contributed by atoms with Gasteiger partial charge < -0.3 is 17.2 Å². The van der Waals surface area contributed by atoms with Crippen LogP contribution in [0.3, 0.4) is 0 Å². The molecule has 0 amide bonds. The van der Waals surface area contributed by atoms with E-state index in [0.29, 0.717) is 18.0 Å². The first-order valence-corrected chi connectivity index (χ1v) is 5.44. The van der Waals surface area contributed by atoms with Crippen LogP contribution in [0.4, 0.5) is 5.69 Å². The Morgan fingerprint density at radius 3 is 2.80 bits per heavy atom. The van der Waals surface area contributed by atoms with Crippen LogP contribution in [0.2, 0.25) is 0 Å². The Kier molecular flexibility index (Phi) is 3.93. The summed E-state index contributed by atoms with van der Waals surface area (Å²) in [7, 11) is 0. The van der Waals surface area contributed by atoms with Crippen molar-refractivity contribution in [2.75, 3.05) is 5.73 Å². The average molecular weight is 225 g/mol. The van der Waals surface area contributed by atoms with E-state index in [1.54, 1.807) is 6.20 Å². The number of nitrogen functional groups attached to an aromatic ring is 1. The van der Waals surface area contributed by atoms with E-state index >= 15 is 0 Å². The zero-order valence-electron chi connectivity index (χ0n) is 8.58. The minimum atomic E-state index is 0.0758. The van der Waals surface area contributed by atoms with E-state index in [2.05, 4.69) is 4.98 Å². The highest BCUT2D eigenvalue weighted by Gasteiger charge is 2.09. The molecule has 0 unspecified atom stereocenters. The van der Waals surface area contributed by atoms with Gasteiger partial charge in [-0.1, -0.05) is 11.8 Å². The highest BCUT2D eigenvalue weighted by molar-refractivity contribution is 8.13. The molecule has 6 heteroatoms. The summed E-state index contributed by atoms with van der Waals surface area (Å²) >= 11 is 1.23. The van der Waals surface area contributed by atoms with E-state index in [9.17, 15) is 0 Å². The van der Waals surface area contributed by atoms with Crippen LogP contribution >= 0.6 is 11.8 Å². The molecule has 1 aromatic heterocycles. The Morgan fingerprint density at radius 1 is 1.60 bits per heavy atom. The van der Waals surface area contributed by atoms with Crippen molar-refractivity contribution in [3.05, 3.63) is 23.0 Å². The fourth-order valence-corrected chi connectivity index (χ4v) is 1.85. The Bertz CT molecular complexity index is 377. The zero-order chi connectivity index (χ0) is 11.4. The van der Waals surface area contributed by atoms with E-state index in [0.717, 1.165) is 16.8 Å². The normalized spacial score (nSPS) is 10.3. The molecule has 0 atom stereocenters. The van der Waals surface area contributed by atoms with Gasteiger partial charge in [0, 0.05) is 18.5 Å². The molecule has 0 aliphatic heterocycles. The van der Waals surface area contributed by atoms with E-state index in [1.165, 1.54) is 11.8 Å². The third-order valence-electron chi connectivity index (χ3n) is 2.11. The summed E-state index contributed by atoms with van der Waals surface area (Å²) in [5.41, 5.74) is 20.0. The molecular formula is C9H15N5S. The van der Waals surface area contributed by atoms with Crippen LogP contribution in [-0.2, 0) is 12.3 Å². The maximum absolute atomic E-state index is 7.15. The van der Waals surface area contributed by atoms with Gasteiger partial charge >= 0.3 is 0 Å². The van der Waals surface area contributed by atoms with E-state index in [-0.39, 0.29) is 5.17 Å². The van der Waals surface area contributed by atoms with Gasteiger partial charge in [0.25, 0.3) is 0 Å². The smallest absolute Gasteiger partial charge is 0.151 e. The number of aryl methyl sites for hydroxylation is 1. The Balaban J connectivity index is 3.01. The summed E-state index contributed by atoms with van der Waals surface area (Å²) in [4.78, 5) is 4.14. The summed E-state index contributed by atoms with van der Waals surface area (Å²) in [5.74, 6) is 0.567. The number of hydrogen-bond donors (Lipinski definition) is 4. The van der Waals surface area contributed by atoms with Crippen LogP contribution in [0.15, 0.2) is 6.20 Å². The molecule has 7 N–H and O–H groups in total. The topological polar surface area (TPSA) is 115 Å². The van der Waals surface area contributed by atoms with Crippen molar-refractivity contribution in [1.82, 2.24) is 4.98 Å². The lowest BCUT2D eigenvalue weighted by atomic mass is 10.1. The van der Waals surface area contributed by atoms with E-state index in [4.69, 9.17) is 22.6 Å². The summed E-state index contributed by atoms with van der Waals surface area (Å²) in [6.07, 6.45) is 1.72. The van der Waals surface area contributed by atoms with Crippen molar-refractivity contribution in [1.29, 1.82) is 5.41 Å². The molecule has 0 aliphatic rings. The predicted molar refractivity (Wildman–Crippen MR) is 64.5 cm³/mol. The van der Waals surface area contributed by atoms with Gasteiger partial charge in [-0.25, -0.2) is 0 Å². The number of thioether (sulfide) groups is 1. The quantitative estimate of drug-likeness (QED) is 0.443. The number of nitrogens with zero attached hydrogens (tertiary/aromatic N) is 1. The predicted octanol–water partition coefficient (Wildman–Crippen LogP) is 0.558. The van der Waals surface area contributed by atoms with Gasteiger partial charge in [0.05, 0.1) is 11.4 Å². The van der Waals surface area contributed by atoms with Crippen molar-refractivity contribution in [3.63, 3.8) is 0 Å². The molecule has 0 bridgehead atoms. The first-order chi connectivity index (χ1) is 7.06. The lowest BCUT2D eigenvalue weighted by Crippen LogP contribution is -2.10. The third kappa shape index (κ3) is 2.84. The summed E-state index contributed by atoms with van der Waals surface area (Å²) in [5, 5.41) is 7.22. The van der Waals surface area contributed by atoms with Crippen LogP contribution < -0.4 is 17.2 Å². The molecular weight excluding hydrogens is 210 g/mol. The number of hydrogen-bond acceptors (Lipinski definition) is 5. The Hall–Kier alpha value is -1.27. The van der Waals surface area contributed by atoms with Crippen LogP contribution in [0.5, 0.6) is 0 Å². The second kappa shape index (κ2) is 4.99. The van der Waals surface area contributed by atoms with Gasteiger partial charge in [0.2, 0.25) is 0 Å². The van der Waals surface area contributed by atoms with Crippen molar-refractivity contribution in [3.8, 4) is 0 Å². The molecule has 5 nitrogen and oxygen atoms in total. The van der Waals surface area contributed by atoms with Gasteiger partial charge in [-0.3, -0.25) is 10.4 Å². The number of anilines is 1. The lowest BCUT2D eigenvalue weighted by Gasteiger charge is -2.11. The standard InChI is InChI=1S/C9H15N5S/c1-5-8(11)7(4-15-9(12)13)6(2-10)3-14-5/h3H,2,4,10-11H2,1H3,(H3,12,13). The molecule has 0 saturated carbocycles. The van der Waals surface area contributed by atoms with E-state index < -0.39 is 0 Å². The summed E-state index contributed by atoms with van der Waals surface area (Å²) in [6, 6.07) is 0. The van der Waals surface area contributed by atoms with Crippen LogP contribution in [0.25, 0.3) is 0 Å². The number of aromatic nitrogens is 1. The van der Waals surface area contributed by atoms with Gasteiger partial charge in [-0.05, 0) is 18.1 Å². The average Bonchev–Trinajstić information content (AvgIpc) is 2.20. The Morgan fingerprint density at radius 2 is 2.27 bits per heavy atom. The van der Waals surface area contributed by atoms with Crippen LogP contribution in [0, 0.1) is 12.3 Å². The van der Waals surface area contributed by atoms with Gasteiger partial charge in [-0.2, -0.15) is 0 Å². The molecule has 1 rings (SSSR count). The van der Waals surface area contributed by atoms with E-state index in [1.807, 2.05) is 6.92 Å². The third-order valence-corrected chi connectivity index (χ3v) is 2.85. The SMILES string of the molecule is Cc1ncc(CN)c(CSC(=N)N)c1N. The van der Waals surface area contributed by atoms with Crippen LogP contribution in [0.1, 0.15) is 16.8 Å². The van der Waals surface area contributed by atoms with Crippen molar-refractivity contribution < 1.29 is 0 Å². The van der Waals surface area contributed by atoms with Crippen LogP contribution in [-0.4, -0.2) is 10.2 Å². The molecule has 15 heavy (non-hydrogen) atoms. The molecule has 0 spiro atoms. The number of nitrogens with two attached hydrogens (primary N) is 3. The summed E-state index contributed by atoms with van der Waals surface area (Å²) < 4.78 is 0. The minimum Gasteiger partial charge on any atom is -0.397 e. The molecule has 0 fully saturated rings. The first kappa shape index (κ1) is 11.8. The van der Waals surface area contributed by atoms with Gasteiger partial charge in [-0.15, -0.1) is 0 Å². The largest absolute Gasteiger partial charge is 0.397 e. The fourth-order valence-electron chi connectivity index (χ4n) is 1.21. The molecule has 82 valence electrons. The van der Waals surface area contributed by atoms with Gasteiger partial charge in [0.1, 0.15) is 0 Å². The second-order valence-electron chi connectivity index (χ2n) is 3.12. The van der Waals surface area contributed by atoms with Crippen molar-refractivity contribution in [2.45, 2.75) is 19.2 Å². The monoisotopic (exact) mass is 225 g/mol. The highest BCUT2D eigenvalue weighted by atomic mass is 32.2. The van der Waals surface area contributed by atoms with Gasteiger partial charge in [0.15, 0.2) is 5.17 Å². The fraction of sp³-hybridized carbons (Fsp3) is 0.333. The highest BCUT2D eigenvalue weighted by Crippen LogP contribution is 2.23. The molecule has 1 aromatic rings. The molecule has 1 heterocycles.